The van der Waals surface area contributed by atoms with E-state index in [9.17, 15) is 4.79 Å². The molecule has 0 fully saturated rings. The first-order chi connectivity index (χ1) is 10.1. The molecule has 7 heteroatoms. The molecule has 0 amide bonds. The molecular weight excluding hydrogens is 338 g/mol. The van der Waals surface area contributed by atoms with Crippen molar-refractivity contribution in [2.75, 3.05) is 13.7 Å². The molecule has 1 aromatic heterocycles. The van der Waals surface area contributed by atoms with Crippen molar-refractivity contribution >= 4 is 21.9 Å². The Morgan fingerprint density at radius 1 is 1.43 bits per heavy atom. The molecule has 1 aromatic carbocycles. The fraction of sp³-hybridized carbons (Fsp3) is 0.357. The summed E-state index contributed by atoms with van der Waals surface area (Å²) in [5.74, 6) is 0.299. The molecule has 112 valence electrons. The molecule has 0 bridgehead atoms. The molecule has 2 aromatic rings. The van der Waals surface area contributed by atoms with Gasteiger partial charge in [-0.3, -0.25) is 0 Å². The lowest BCUT2D eigenvalue weighted by molar-refractivity contribution is 0.0518. The van der Waals surface area contributed by atoms with Gasteiger partial charge in [0, 0.05) is 10.0 Å². The predicted molar refractivity (Wildman–Crippen MR) is 80.5 cm³/mol. The number of rotatable bonds is 5. The summed E-state index contributed by atoms with van der Waals surface area (Å²) in [7, 11) is 1.62. The molecule has 0 aliphatic carbocycles. The second kappa shape index (κ2) is 6.71. The molecule has 0 aliphatic rings. The summed E-state index contributed by atoms with van der Waals surface area (Å²) in [4.78, 5) is 11.7. The van der Waals surface area contributed by atoms with E-state index in [1.165, 1.54) is 0 Å². The molecule has 2 rings (SSSR count). The summed E-state index contributed by atoms with van der Waals surface area (Å²) < 4.78 is 12.9. The minimum absolute atomic E-state index is 0.241. The van der Waals surface area contributed by atoms with Gasteiger partial charge in [0.15, 0.2) is 5.69 Å². The number of carbonyl (C=O) groups is 1. The number of ether oxygens (including phenoxy) is 2. The summed E-state index contributed by atoms with van der Waals surface area (Å²) >= 11 is 3.43. The maximum absolute atomic E-state index is 11.7. The monoisotopic (exact) mass is 353 g/mol. The lowest BCUT2D eigenvalue weighted by atomic mass is 10.2. The van der Waals surface area contributed by atoms with Gasteiger partial charge in [-0.1, -0.05) is 21.1 Å². The third-order valence-corrected chi connectivity index (χ3v) is 3.51. The average molecular weight is 354 g/mol. The highest BCUT2D eigenvalue weighted by Gasteiger charge is 2.18. The largest absolute Gasteiger partial charge is 0.496 e. The van der Waals surface area contributed by atoms with E-state index in [1.807, 2.05) is 18.2 Å². The molecule has 6 nitrogen and oxygen atoms in total. The average Bonchev–Trinajstić information content (AvgIpc) is 2.81. The van der Waals surface area contributed by atoms with Crippen molar-refractivity contribution in [3.63, 3.8) is 0 Å². The Morgan fingerprint density at radius 3 is 2.86 bits per heavy atom. The third kappa shape index (κ3) is 3.41. The zero-order valence-corrected chi connectivity index (χ0v) is 13.7. The van der Waals surface area contributed by atoms with Crippen LogP contribution in [0.5, 0.6) is 5.75 Å². The van der Waals surface area contributed by atoms with Gasteiger partial charge < -0.3 is 9.47 Å². The van der Waals surface area contributed by atoms with Gasteiger partial charge in [0.2, 0.25) is 0 Å². The van der Waals surface area contributed by atoms with Crippen LogP contribution >= 0.6 is 15.9 Å². The van der Waals surface area contributed by atoms with E-state index < -0.39 is 5.97 Å². The van der Waals surface area contributed by atoms with Gasteiger partial charge in [-0.05, 0) is 32.0 Å². The number of hydrogen-bond donors (Lipinski definition) is 0. The SMILES string of the molecule is CCOC(=O)c1nnn(Cc2cc(Br)ccc2OC)c1C. The number of methoxy groups -OCH3 is 1. The Morgan fingerprint density at radius 2 is 2.19 bits per heavy atom. The molecule has 0 saturated heterocycles. The van der Waals surface area contributed by atoms with Gasteiger partial charge in [-0.2, -0.15) is 0 Å². The van der Waals surface area contributed by atoms with Crippen LogP contribution in [-0.2, 0) is 11.3 Å². The van der Waals surface area contributed by atoms with Crippen molar-refractivity contribution in [3.05, 3.63) is 39.6 Å². The number of hydrogen-bond acceptors (Lipinski definition) is 5. The van der Waals surface area contributed by atoms with Crippen molar-refractivity contribution in [1.82, 2.24) is 15.0 Å². The maximum atomic E-state index is 11.7. The van der Waals surface area contributed by atoms with Gasteiger partial charge in [0.1, 0.15) is 5.75 Å². The van der Waals surface area contributed by atoms with Crippen LogP contribution in [0.3, 0.4) is 0 Å². The maximum Gasteiger partial charge on any atom is 0.360 e. The Hall–Kier alpha value is -1.89. The fourth-order valence-corrected chi connectivity index (χ4v) is 2.34. The standard InChI is InChI=1S/C14H16BrN3O3/c1-4-21-14(19)13-9(2)18(17-16-13)8-10-7-11(15)5-6-12(10)20-3/h5-7H,4,8H2,1-3H3. The van der Waals surface area contributed by atoms with Gasteiger partial charge in [0.05, 0.1) is 26.0 Å². The summed E-state index contributed by atoms with van der Waals surface area (Å²) in [6.07, 6.45) is 0. The van der Waals surface area contributed by atoms with Crippen LogP contribution in [0.4, 0.5) is 0 Å². The molecule has 0 spiro atoms. The Balaban J connectivity index is 2.29. The molecule has 0 radical (unpaired) electrons. The van der Waals surface area contributed by atoms with Crippen molar-refractivity contribution in [2.45, 2.75) is 20.4 Å². The summed E-state index contributed by atoms with van der Waals surface area (Å²) in [5, 5.41) is 7.91. The molecule has 21 heavy (non-hydrogen) atoms. The molecular formula is C14H16BrN3O3. The smallest absolute Gasteiger partial charge is 0.360 e. The van der Waals surface area contributed by atoms with Crippen LogP contribution in [-0.4, -0.2) is 34.7 Å². The normalized spacial score (nSPS) is 10.5. The first-order valence-corrected chi connectivity index (χ1v) is 7.25. The van der Waals surface area contributed by atoms with E-state index in [0.717, 1.165) is 15.8 Å². The van der Waals surface area contributed by atoms with Crippen molar-refractivity contribution < 1.29 is 14.3 Å². The van der Waals surface area contributed by atoms with E-state index in [0.29, 0.717) is 18.8 Å². The third-order valence-electron chi connectivity index (χ3n) is 3.01. The topological polar surface area (TPSA) is 66.2 Å². The van der Waals surface area contributed by atoms with E-state index >= 15 is 0 Å². The fourth-order valence-electron chi connectivity index (χ4n) is 1.93. The second-order valence-electron chi connectivity index (χ2n) is 4.36. The minimum atomic E-state index is -0.456. The second-order valence-corrected chi connectivity index (χ2v) is 5.27. The van der Waals surface area contributed by atoms with Crippen molar-refractivity contribution in [1.29, 1.82) is 0 Å². The zero-order valence-electron chi connectivity index (χ0n) is 12.1. The van der Waals surface area contributed by atoms with E-state index in [2.05, 4.69) is 26.2 Å². The molecule has 0 unspecified atom stereocenters. The van der Waals surface area contributed by atoms with Gasteiger partial charge in [-0.15, -0.1) is 5.10 Å². The summed E-state index contributed by atoms with van der Waals surface area (Å²) in [5.41, 5.74) is 1.84. The van der Waals surface area contributed by atoms with Gasteiger partial charge in [-0.25, -0.2) is 9.48 Å². The van der Waals surface area contributed by atoms with Crippen LogP contribution in [0.2, 0.25) is 0 Å². The lowest BCUT2D eigenvalue weighted by Gasteiger charge is -2.10. The van der Waals surface area contributed by atoms with Crippen LogP contribution in [0.1, 0.15) is 28.7 Å². The van der Waals surface area contributed by atoms with Crippen LogP contribution in [0.15, 0.2) is 22.7 Å². The lowest BCUT2D eigenvalue weighted by Crippen LogP contribution is -2.09. The Labute approximate surface area is 131 Å². The van der Waals surface area contributed by atoms with E-state index in [1.54, 1.807) is 25.6 Å². The molecule has 0 N–H and O–H groups in total. The Bertz CT molecular complexity index is 655. The van der Waals surface area contributed by atoms with E-state index in [4.69, 9.17) is 9.47 Å². The predicted octanol–water partition coefficient (Wildman–Crippen LogP) is 2.58. The highest BCUT2D eigenvalue weighted by molar-refractivity contribution is 9.10. The quantitative estimate of drug-likeness (QED) is 0.773. The first-order valence-electron chi connectivity index (χ1n) is 6.46. The number of esters is 1. The summed E-state index contributed by atoms with van der Waals surface area (Å²) in [6.45, 7) is 4.31. The molecule has 0 saturated carbocycles. The van der Waals surface area contributed by atoms with Gasteiger partial charge in [0.25, 0.3) is 0 Å². The Kier molecular flexibility index (Phi) is 4.95. The number of nitrogens with zero attached hydrogens (tertiary/aromatic N) is 3. The summed E-state index contributed by atoms with van der Waals surface area (Å²) in [6, 6.07) is 5.72. The highest BCUT2D eigenvalue weighted by atomic mass is 79.9. The molecule has 0 atom stereocenters. The van der Waals surface area contributed by atoms with Crippen LogP contribution < -0.4 is 4.74 Å². The van der Waals surface area contributed by atoms with E-state index in [-0.39, 0.29) is 5.69 Å². The van der Waals surface area contributed by atoms with Crippen molar-refractivity contribution in [2.24, 2.45) is 0 Å². The number of halogens is 1. The zero-order chi connectivity index (χ0) is 15.4. The number of benzene rings is 1. The number of carbonyl (C=O) groups excluding carboxylic acids is 1. The van der Waals surface area contributed by atoms with Crippen LogP contribution in [0, 0.1) is 6.92 Å². The van der Waals surface area contributed by atoms with Crippen LogP contribution in [0.25, 0.3) is 0 Å². The molecule has 0 aliphatic heterocycles. The number of aromatic nitrogens is 3. The highest BCUT2D eigenvalue weighted by Crippen LogP contribution is 2.24. The molecule has 1 heterocycles. The first kappa shape index (κ1) is 15.5. The van der Waals surface area contributed by atoms with Crippen molar-refractivity contribution in [3.8, 4) is 5.75 Å². The minimum Gasteiger partial charge on any atom is -0.496 e. The van der Waals surface area contributed by atoms with Gasteiger partial charge >= 0.3 is 5.97 Å².